The van der Waals surface area contributed by atoms with Crippen LogP contribution in [-0.4, -0.2) is 32.0 Å². The van der Waals surface area contributed by atoms with Crippen LogP contribution in [-0.2, 0) is 16.0 Å². The minimum absolute atomic E-state index is 0.115. The van der Waals surface area contributed by atoms with Gasteiger partial charge in [-0.25, -0.2) is 0 Å². The molecule has 0 aromatic heterocycles. The van der Waals surface area contributed by atoms with E-state index in [0.29, 0.717) is 15.7 Å². The fourth-order valence-corrected chi connectivity index (χ4v) is 2.93. The Bertz CT molecular complexity index is 759. The highest BCUT2D eigenvalue weighted by molar-refractivity contribution is 6.39. The SMILES string of the molecule is CCc1ccc(NC(=O)C[NH+](C)CC(=O)Nc2c(Cl)cccc2Cl)cc1. The molecule has 1 atom stereocenters. The molecule has 2 amide bonds. The molecule has 3 N–H and O–H groups in total. The zero-order chi connectivity index (χ0) is 19.1. The average molecular weight is 395 g/mol. The Morgan fingerprint density at radius 3 is 2.00 bits per heavy atom. The lowest BCUT2D eigenvalue weighted by Crippen LogP contribution is -3.11. The summed E-state index contributed by atoms with van der Waals surface area (Å²) in [7, 11) is 1.77. The van der Waals surface area contributed by atoms with E-state index in [2.05, 4.69) is 17.6 Å². The summed E-state index contributed by atoms with van der Waals surface area (Å²) in [6.45, 7) is 2.36. The van der Waals surface area contributed by atoms with Gasteiger partial charge in [0.1, 0.15) is 0 Å². The maximum absolute atomic E-state index is 12.2. The van der Waals surface area contributed by atoms with Crippen molar-refractivity contribution in [3.05, 3.63) is 58.1 Å². The number of carbonyl (C=O) groups is 2. The van der Waals surface area contributed by atoms with Crippen LogP contribution in [0.4, 0.5) is 11.4 Å². The quantitative estimate of drug-likeness (QED) is 0.675. The van der Waals surface area contributed by atoms with Gasteiger partial charge in [-0.2, -0.15) is 0 Å². The second kappa shape index (κ2) is 9.57. The van der Waals surface area contributed by atoms with Gasteiger partial charge in [-0.15, -0.1) is 0 Å². The van der Waals surface area contributed by atoms with Crippen LogP contribution in [0.5, 0.6) is 0 Å². The molecule has 0 aliphatic heterocycles. The fourth-order valence-electron chi connectivity index (χ4n) is 2.44. The van der Waals surface area contributed by atoms with Gasteiger partial charge in [-0.1, -0.05) is 48.3 Å². The summed E-state index contributed by atoms with van der Waals surface area (Å²) in [5.41, 5.74) is 2.34. The van der Waals surface area contributed by atoms with Gasteiger partial charge >= 0.3 is 0 Å². The summed E-state index contributed by atoms with van der Waals surface area (Å²) in [5.74, 6) is -0.423. The molecule has 0 saturated carbocycles. The standard InChI is InChI=1S/C19H21Cl2N3O2/c1-3-13-7-9-14(10-8-13)22-17(25)11-24(2)12-18(26)23-19-15(20)5-4-6-16(19)21/h4-10H,3,11-12H2,1-2H3,(H,22,25)(H,23,26)/p+1. The Morgan fingerprint density at radius 1 is 0.923 bits per heavy atom. The number of hydrogen-bond acceptors (Lipinski definition) is 2. The minimum Gasteiger partial charge on any atom is -0.322 e. The number of likely N-dealkylation sites (N-methyl/N-ethyl adjacent to an activating group) is 1. The maximum Gasteiger partial charge on any atom is 0.279 e. The van der Waals surface area contributed by atoms with Crippen molar-refractivity contribution >= 4 is 46.4 Å². The molecule has 0 heterocycles. The number of nitrogens with one attached hydrogen (secondary N) is 3. The van der Waals surface area contributed by atoms with Gasteiger partial charge < -0.3 is 15.5 Å². The fraction of sp³-hybridized carbons (Fsp3) is 0.263. The molecule has 5 nitrogen and oxygen atoms in total. The number of quaternary nitrogens is 1. The molecular formula is C19H22Cl2N3O2+. The number of benzene rings is 2. The van der Waals surface area contributed by atoms with E-state index in [-0.39, 0.29) is 24.9 Å². The summed E-state index contributed by atoms with van der Waals surface area (Å²) >= 11 is 12.1. The predicted octanol–water partition coefficient (Wildman–Crippen LogP) is 2.65. The van der Waals surface area contributed by atoms with E-state index in [9.17, 15) is 9.59 Å². The highest BCUT2D eigenvalue weighted by atomic mass is 35.5. The van der Waals surface area contributed by atoms with Crippen molar-refractivity contribution < 1.29 is 14.5 Å². The Labute approximate surface area is 163 Å². The monoisotopic (exact) mass is 394 g/mol. The first-order valence-corrected chi connectivity index (χ1v) is 9.08. The number of amides is 2. The molecule has 0 aliphatic carbocycles. The van der Waals surface area contributed by atoms with Crippen molar-refractivity contribution in [2.24, 2.45) is 0 Å². The van der Waals surface area contributed by atoms with Crippen molar-refractivity contribution in [2.45, 2.75) is 13.3 Å². The van der Waals surface area contributed by atoms with Crippen molar-refractivity contribution in [3.63, 3.8) is 0 Å². The van der Waals surface area contributed by atoms with Gasteiger partial charge in [-0.3, -0.25) is 9.59 Å². The molecule has 2 aromatic rings. The number of aryl methyl sites for hydroxylation is 1. The zero-order valence-corrected chi connectivity index (χ0v) is 16.2. The molecule has 0 fully saturated rings. The Balaban J connectivity index is 1.84. The topological polar surface area (TPSA) is 62.6 Å². The van der Waals surface area contributed by atoms with Crippen LogP contribution >= 0.6 is 23.2 Å². The lowest BCUT2D eigenvalue weighted by molar-refractivity contribution is -0.862. The largest absolute Gasteiger partial charge is 0.322 e. The van der Waals surface area contributed by atoms with E-state index >= 15 is 0 Å². The van der Waals surface area contributed by atoms with E-state index in [0.717, 1.165) is 17.0 Å². The highest BCUT2D eigenvalue weighted by Gasteiger charge is 2.16. The van der Waals surface area contributed by atoms with E-state index in [1.807, 2.05) is 24.3 Å². The van der Waals surface area contributed by atoms with Gasteiger partial charge in [0, 0.05) is 5.69 Å². The highest BCUT2D eigenvalue weighted by Crippen LogP contribution is 2.29. The van der Waals surface area contributed by atoms with Crippen LogP contribution < -0.4 is 15.5 Å². The Kier molecular flexibility index (Phi) is 7.45. The summed E-state index contributed by atoms with van der Waals surface area (Å²) in [4.78, 5) is 25.0. The summed E-state index contributed by atoms with van der Waals surface area (Å²) in [6.07, 6.45) is 0.950. The third-order valence-electron chi connectivity index (χ3n) is 3.80. The van der Waals surface area contributed by atoms with Crippen molar-refractivity contribution in [1.29, 1.82) is 0 Å². The molecule has 2 rings (SSSR count). The van der Waals surface area contributed by atoms with Gasteiger partial charge in [0.25, 0.3) is 11.8 Å². The van der Waals surface area contributed by atoms with Gasteiger partial charge in [0.05, 0.1) is 22.8 Å². The number of anilines is 2. The van der Waals surface area contributed by atoms with Crippen molar-refractivity contribution in [1.82, 2.24) is 0 Å². The third-order valence-corrected chi connectivity index (χ3v) is 4.43. The molecular weight excluding hydrogens is 373 g/mol. The molecule has 0 radical (unpaired) electrons. The molecule has 138 valence electrons. The second-order valence-corrected chi connectivity index (χ2v) is 6.87. The summed E-state index contributed by atoms with van der Waals surface area (Å²) in [5, 5.41) is 6.27. The normalized spacial score (nSPS) is 11.7. The van der Waals surface area contributed by atoms with Crippen LogP contribution in [0, 0.1) is 0 Å². The van der Waals surface area contributed by atoms with E-state index in [1.165, 1.54) is 5.56 Å². The Morgan fingerprint density at radius 2 is 1.46 bits per heavy atom. The molecule has 0 saturated heterocycles. The predicted molar refractivity (Wildman–Crippen MR) is 106 cm³/mol. The molecule has 0 bridgehead atoms. The molecule has 26 heavy (non-hydrogen) atoms. The van der Waals surface area contributed by atoms with Crippen molar-refractivity contribution in [2.75, 3.05) is 30.8 Å². The molecule has 0 aliphatic rings. The first-order valence-electron chi connectivity index (χ1n) is 8.33. The lowest BCUT2D eigenvalue weighted by atomic mass is 10.1. The lowest BCUT2D eigenvalue weighted by Gasteiger charge is -2.15. The number of rotatable bonds is 7. The first kappa shape index (κ1) is 20.2. The van der Waals surface area contributed by atoms with Crippen LogP contribution in [0.25, 0.3) is 0 Å². The second-order valence-electron chi connectivity index (χ2n) is 6.05. The van der Waals surface area contributed by atoms with Crippen LogP contribution in [0.1, 0.15) is 12.5 Å². The number of halogens is 2. The Hall–Kier alpha value is -2.08. The number of para-hydroxylation sites is 1. The first-order chi connectivity index (χ1) is 12.4. The van der Waals surface area contributed by atoms with E-state index in [1.54, 1.807) is 25.2 Å². The zero-order valence-electron chi connectivity index (χ0n) is 14.7. The van der Waals surface area contributed by atoms with E-state index in [4.69, 9.17) is 23.2 Å². The van der Waals surface area contributed by atoms with Crippen LogP contribution in [0.3, 0.4) is 0 Å². The van der Waals surface area contributed by atoms with E-state index < -0.39 is 0 Å². The van der Waals surface area contributed by atoms with Gasteiger partial charge in [-0.05, 0) is 36.2 Å². The van der Waals surface area contributed by atoms with Crippen molar-refractivity contribution in [3.8, 4) is 0 Å². The van der Waals surface area contributed by atoms with Gasteiger partial charge in [0.2, 0.25) is 0 Å². The van der Waals surface area contributed by atoms with Crippen LogP contribution in [0.2, 0.25) is 10.0 Å². The maximum atomic E-state index is 12.2. The summed E-state index contributed by atoms with van der Waals surface area (Å²) in [6, 6.07) is 12.7. The minimum atomic E-state index is -0.266. The van der Waals surface area contributed by atoms with Gasteiger partial charge in [0.15, 0.2) is 13.1 Å². The third kappa shape index (κ3) is 6.02. The molecule has 2 aromatic carbocycles. The van der Waals surface area contributed by atoms with Crippen LogP contribution in [0.15, 0.2) is 42.5 Å². The number of carbonyl (C=O) groups excluding carboxylic acids is 2. The summed E-state index contributed by atoms with van der Waals surface area (Å²) < 4.78 is 0. The molecule has 0 spiro atoms. The smallest absolute Gasteiger partial charge is 0.279 e. The molecule has 7 heteroatoms. The average Bonchev–Trinajstić information content (AvgIpc) is 2.58. The molecule has 1 unspecified atom stereocenters. The number of hydrogen-bond donors (Lipinski definition) is 3.